The number of allylic oxidation sites excluding steroid dienone is 2. The highest BCUT2D eigenvalue weighted by molar-refractivity contribution is 7.80. The molecule has 132 valence electrons. The van der Waals surface area contributed by atoms with E-state index in [1.165, 1.54) is 5.56 Å². The molecule has 5 heteroatoms. The topological polar surface area (TPSA) is 50.4 Å². The van der Waals surface area contributed by atoms with Gasteiger partial charge in [0.15, 0.2) is 16.6 Å². The van der Waals surface area contributed by atoms with E-state index in [2.05, 4.69) is 36.6 Å². The number of hydrogen-bond acceptors (Lipinski definition) is 3. The molecule has 2 N–H and O–H groups in total. The quantitative estimate of drug-likeness (QED) is 0.754. The zero-order valence-electron chi connectivity index (χ0n) is 14.7. The zero-order chi connectivity index (χ0) is 17.7. The van der Waals surface area contributed by atoms with Crippen molar-refractivity contribution in [3.05, 3.63) is 47.2 Å². The smallest absolute Gasteiger partial charge is 0.184 e. The second-order valence-electron chi connectivity index (χ2n) is 8.02. The highest BCUT2D eigenvalue weighted by atomic mass is 32.1. The highest BCUT2D eigenvalue weighted by Gasteiger charge is 2.50. The first-order chi connectivity index (χ1) is 11.9. The molecule has 2 atom stereocenters. The van der Waals surface area contributed by atoms with Crippen LogP contribution in [0.15, 0.2) is 41.7 Å². The van der Waals surface area contributed by atoms with Gasteiger partial charge in [0, 0.05) is 42.7 Å². The SMILES string of the molecule is CC1(C)C[C@@]2(C[C@H](c3ccccc3)C3=C(CCCC3=O)O2)NC(=S)N1. The van der Waals surface area contributed by atoms with Crippen LogP contribution < -0.4 is 10.6 Å². The third-order valence-corrected chi connectivity index (χ3v) is 5.54. The Morgan fingerprint density at radius 1 is 1.16 bits per heavy atom. The highest BCUT2D eigenvalue weighted by Crippen LogP contribution is 2.47. The molecule has 0 aromatic heterocycles. The molecule has 1 spiro atoms. The minimum atomic E-state index is -0.553. The predicted molar refractivity (Wildman–Crippen MR) is 101 cm³/mol. The van der Waals surface area contributed by atoms with E-state index in [0.29, 0.717) is 18.0 Å². The summed E-state index contributed by atoms with van der Waals surface area (Å²) in [5.74, 6) is 1.16. The molecule has 25 heavy (non-hydrogen) atoms. The van der Waals surface area contributed by atoms with Crippen LogP contribution in [0.25, 0.3) is 0 Å². The summed E-state index contributed by atoms with van der Waals surface area (Å²) >= 11 is 5.45. The average Bonchev–Trinajstić information content (AvgIpc) is 2.52. The fourth-order valence-corrected chi connectivity index (χ4v) is 5.00. The van der Waals surface area contributed by atoms with E-state index in [1.807, 2.05) is 18.2 Å². The van der Waals surface area contributed by atoms with Crippen LogP contribution >= 0.6 is 12.2 Å². The molecular weight excluding hydrogens is 332 g/mol. The van der Waals surface area contributed by atoms with Crippen LogP contribution in [0.5, 0.6) is 0 Å². The standard InChI is InChI=1S/C20H24N2O2S/c1-19(2)12-20(22-18(25)21-19)11-14(13-7-4-3-5-8-13)17-15(23)9-6-10-16(17)24-20/h3-5,7-8,14H,6,9-12H2,1-2H3,(H2,21,22,25)/t14-,20+/m1/s1. The number of carbonyl (C=O) groups excluding carboxylic acids is 1. The Hall–Kier alpha value is -1.88. The summed E-state index contributed by atoms with van der Waals surface area (Å²) in [5, 5.41) is 7.33. The van der Waals surface area contributed by atoms with Crippen LogP contribution in [0.3, 0.4) is 0 Å². The Morgan fingerprint density at radius 3 is 2.64 bits per heavy atom. The van der Waals surface area contributed by atoms with Crippen LogP contribution in [0, 0.1) is 0 Å². The van der Waals surface area contributed by atoms with Gasteiger partial charge in [-0.1, -0.05) is 30.3 Å². The lowest BCUT2D eigenvalue weighted by molar-refractivity contribution is -0.120. The van der Waals surface area contributed by atoms with Crippen molar-refractivity contribution in [1.29, 1.82) is 0 Å². The number of hydrogen-bond donors (Lipinski definition) is 2. The molecule has 1 aliphatic carbocycles. The summed E-state index contributed by atoms with van der Waals surface area (Å²) in [7, 11) is 0. The number of thiocarbonyl (C=S) groups is 1. The number of nitrogens with one attached hydrogen (secondary N) is 2. The monoisotopic (exact) mass is 356 g/mol. The van der Waals surface area contributed by atoms with Gasteiger partial charge >= 0.3 is 0 Å². The van der Waals surface area contributed by atoms with Crippen molar-refractivity contribution in [2.24, 2.45) is 0 Å². The van der Waals surface area contributed by atoms with Crippen molar-refractivity contribution in [2.75, 3.05) is 0 Å². The van der Waals surface area contributed by atoms with Crippen LogP contribution in [-0.4, -0.2) is 22.2 Å². The predicted octanol–water partition coefficient (Wildman–Crippen LogP) is 3.54. The van der Waals surface area contributed by atoms with Gasteiger partial charge in [-0.05, 0) is 38.0 Å². The summed E-state index contributed by atoms with van der Waals surface area (Å²) in [4.78, 5) is 12.7. The maximum Gasteiger partial charge on any atom is 0.184 e. The largest absolute Gasteiger partial charge is 0.472 e. The van der Waals surface area contributed by atoms with Crippen molar-refractivity contribution < 1.29 is 9.53 Å². The minimum absolute atomic E-state index is 0.0574. The first-order valence-electron chi connectivity index (χ1n) is 8.98. The first kappa shape index (κ1) is 16.6. The third kappa shape index (κ3) is 3.06. The van der Waals surface area contributed by atoms with Gasteiger partial charge in [-0.3, -0.25) is 4.79 Å². The molecule has 1 saturated heterocycles. The van der Waals surface area contributed by atoms with Gasteiger partial charge < -0.3 is 15.4 Å². The summed E-state index contributed by atoms with van der Waals surface area (Å²) in [6.07, 6.45) is 3.81. The van der Waals surface area contributed by atoms with Crippen LogP contribution in [0.2, 0.25) is 0 Å². The molecular formula is C20H24N2O2S. The van der Waals surface area contributed by atoms with Gasteiger partial charge in [0.05, 0.1) is 0 Å². The van der Waals surface area contributed by atoms with Crippen molar-refractivity contribution in [2.45, 2.75) is 63.1 Å². The van der Waals surface area contributed by atoms with E-state index in [-0.39, 0.29) is 17.2 Å². The summed E-state index contributed by atoms with van der Waals surface area (Å²) in [6.45, 7) is 4.28. The van der Waals surface area contributed by atoms with E-state index in [4.69, 9.17) is 17.0 Å². The Bertz CT molecular complexity index is 756. The Morgan fingerprint density at radius 2 is 1.92 bits per heavy atom. The number of carbonyl (C=O) groups is 1. The number of ketones is 1. The van der Waals surface area contributed by atoms with Crippen molar-refractivity contribution in [3.8, 4) is 0 Å². The molecule has 0 amide bonds. The van der Waals surface area contributed by atoms with Crippen molar-refractivity contribution >= 4 is 23.1 Å². The van der Waals surface area contributed by atoms with Crippen LogP contribution in [-0.2, 0) is 9.53 Å². The molecule has 2 heterocycles. The average molecular weight is 356 g/mol. The maximum atomic E-state index is 12.7. The summed E-state index contributed by atoms with van der Waals surface area (Å²) < 4.78 is 6.47. The number of ether oxygens (including phenoxy) is 1. The van der Waals surface area contributed by atoms with E-state index < -0.39 is 5.72 Å². The Kier molecular flexibility index (Phi) is 3.87. The van der Waals surface area contributed by atoms with Gasteiger partial charge in [-0.15, -0.1) is 0 Å². The molecule has 1 aromatic carbocycles. The molecule has 2 aliphatic heterocycles. The summed E-state index contributed by atoms with van der Waals surface area (Å²) in [5.41, 5.74) is 1.35. The van der Waals surface area contributed by atoms with E-state index in [1.54, 1.807) is 0 Å². The molecule has 4 rings (SSSR count). The fourth-order valence-electron chi connectivity index (χ4n) is 4.54. The minimum Gasteiger partial charge on any atom is -0.472 e. The molecule has 3 aliphatic rings. The first-order valence-corrected chi connectivity index (χ1v) is 9.39. The molecule has 1 aromatic rings. The van der Waals surface area contributed by atoms with Crippen molar-refractivity contribution in [3.63, 3.8) is 0 Å². The lowest BCUT2D eigenvalue weighted by Gasteiger charge is -2.51. The molecule has 0 saturated carbocycles. The second kappa shape index (κ2) is 5.84. The number of Topliss-reactive ketones (excluding diaryl/α,β-unsaturated/α-hetero) is 1. The normalized spacial score (nSPS) is 31.0. The van der Waals surface area contributed by atoms with E-state index in [9.17, 15) is 4.79 Å². The Balaban J connectivity index is 1.79. The molecule has 0 radical (unpaired) electrons. The van der Waals surface area contributed by atoms with Gasteiger partial charge in [0.2, 0.25) is 0 Å². The number of rotatable bonds is 1. The van der Waals surface area contributed by atoms with Gasteiger partial charge in [-0.2, -0.15) is 0 Å². The fraction of sp³-hybridized carbons (Fsp3) is 0.500. The lowest BCUT2D eigenvalue weighted by atomic mass is 9.73. The van der Waals surface area contributed by atoms with Crippen molar-refractivity contribution in [1.82, 2.24) is 10.6 Å². The summed E-state index contributed by atoms with van der Waals surface area (Å²) in [6, 6.07) is 10.3. The third-order valence-electron chi connectivity index (χ3n) is 5.33. The van der Waals surface area contributed by atoms with Crippen LogP contribution in [0.1, 0.15) is 57.4 Å². The second-order valence-corrected chi connectivity index (χ2v) is 8.43. The molecule has 4 nitrogen and oxygen atoms in total. The van der Waals surface area contributed by atoms with E-state index >= 15 is 0 Å². The Labute approximate surface area is 154 Å². The molecule has 0 bridgehead atoms. The number of benzene rings is 1. The maximum absolute atomic E-state index is 12.7. The zero-order valence-corrected chi connectivity index (χ0v) is 15.5. The van der Waals surface area contributed by atoms with Crippen LogP contribution in [0.4, 0.5) is 0 Å². The van der Waals surface area contributed by atoms with Gasteiger partial charge in [0.25, 0.3) is 0 Å². The molecule has 1 fully saturated rings. The lowest BCUT2D eigenvalue weighted by Crippen LogP contribution is -2.68. The van der Waals surface area contributed by atoms with Gasteiger partial charge in [-0.25, -0.2) is 0 Å². The van der Waals surface area contributed by atoms with E-state index in [0.717, 1.165) is 30.6 Å². The molecule has 0 unspecified atom stereocenters. The van der Waals surface area contributed by atoms with Gasteiger partial charge in [0.1, 0.15) is 5.76 Å².